The predicted octanol–water partition coefficient (Wildman–Crippen LogP) is 5.49. The van der Waals surface area contributed by atoms with Gasteiger partial charge in [-0.1, -0.05) is 17.7 Å². The van der Waals surface area contributed by atoms with E-state index in [2.05, 4.69) is 17.0 Å². The fraction of sp³-hybridized carbons (Fsp3) is 0.238. The maximum atomic E-state index is 12.8. The molecule has 0 unspecified atom stereocenters. The van der Waals surface area contributed by atoms with Crippen LogP contribution in [0.5, 0.6) is 0 Å². The van der Waals surface area contributed by atoms with Crippen molar-refractivity contribution in [2.75, 3.05) is 22.9 Å². The lowest BCUT2D eigenvalue weighted by Crippen LogP contribution is -2.27. The van der Waals surface area contributed by atoms with Crippen molar-refractivity contribution in [3.8, 4) is 0 Å². The first-order chi connectivity index (χ1) is 13.0. The molecular formula is C21H19ClN2O2S. The zero-order valence-corrected chi connectivity index (χ0v) is 16.5. The van der Waals surface area contributed by atoms with Crippen molar-refractivity contribution in [3.05, 3.63) is 63.5 Å². The van der Waals surface area contributed by atoms with Crippen molar-refractivity contribution in [2.45, 2.75) is 19.8 Å². The molecule has 0 bridgehead atoms. The van der Waals surface area contributed by atoms with Gasteiger partial charge in [0.25, 0.3) is 11.1 Å². The standard InChI is InChI=1S/C21H19ClN2O2S/c1-14-12-18(23-10-2-3-11-23)7-4-15(14)13-19-20(25)24(21(26)27-19)17-8-5-16(22)6-9-17/h4-9,12-13H,2-3,10-11H2,1H3/b19-13-. The molecule has 4 nitrogen and oxygen atoms in total. The minimum absolute atomic E-state index is 0.292. The first-order valence-corrected chi connectivity index (χ1v) is 10.1. The summed E-state index contributed by atoms with van der Waals surface area (Å²) in [5, 5.41) is 0.273. The molecule has 2 aliphatic rings. The van der Waals surface area contributed by atoms with Crippen LogP contribution in [0.1, 0.15) is 24.0 Å². The summed E-state index contributed by atoms with van der Waals surface area (Å²) in [4.78, 5) is 29.2. The molecule has 0 atom stereocenters. The molecule has 0 radical (unpaired) electrons. The van der Waals surface area contributed by atoms with Crippen LogP contribution in [0.15, 0.2) is 47.4 Å². The number of rotatable bonds is 3. The van der Waals surface area contributed by atoms with Gasteiger partial charge >= 0.3 is 0 Å². The molecule has 0 N–H and O–H groups in total. The minimum Gasteiger partial charge on any atom is -0.372 e. The molecule has 0 spiro atoms. The van der Waals surface area contributed by atoms with E-state index in [1.54, 1.807) is 24.3 Å². The summed E-state index contributed by atoms with van der Waals surface area (Å²) < 4.78 is 0. The van der Waals surface area contributed by atoms with Gasteiger partial charge in [0.1, 0.15) is 0 Å². The highest BCUT2D eigenvalue weighted by Crippen LogP contribution is 2.36. The number of hydrogen-bond acceptors (Lipinski definition) is 4. The Morgan fingerprint density at radius 3 is 2.33 bits per heavy atom. The highest BCUT2D eigenvalue weighted by molar-refractivity contribution is 8.19. The zero-order valence-electron chi connectivity index (χ0n) is 14.9. The summed E-state index contributed by atoms with van der Waals surface area (Å²) >= 11 is 6.86. The molecule has 138 valence electrons. The van der Waals surface area contributed by atoms with Gasteiger partial charge in [-0.2, -0.15) is 0 Å². The van der Waals surface area contributed by atoms with Crippen LogP contribution in [-0.4, -0.2) is 24.2 Å². The average Bonchev–Trinajstić information content (AvgIpc) is 3.27. The van der Waals surface area contributed by atoms with Gasteiger partial charge in [-0.05, 0) is 85.1 Å². The first kappa shape index (κ1) is 18.1. The van der Waals surface area contributed by atoms with E-state index >= 15 is 0 Å². The van der Waals surface area contributed by atoms with Crippen molar-refractivity contribution in [3.63, 3.8) is 0 Å². The highest BCUT2D eigenvalue weighted by atomic mass is 35.5. The number of amides is 2. The van der Waals surface area contributed by atoms with Crippen LogP contribution in [0, 0.1) is 6.92 Å². The van der Waals surface area contributed by atoms with E-state index in [9.17, 15) is 9.59 Å². The summed E-state index contributed by atoms with van der Waals surface area (Å²) in [5.74, 6) is -0.296. The molecule has 2 aliphatic heterocycles. The van der Waals surface area contributed by atoms with Crippen LogP contribution in [0.2, 0.25) is 5.02 Å². The van der Waals surface area contributed by atoms with Crippen molar-refractivity contribution >= 4 is 52.0 Å². The van der Waals surface area contributed by atoms with Crippen LogP contribution in [0.4, 0.5) is 16.2 Å². The number of halogens is 1. The monoisotopic (exact) mass is 398 g/mol. The number of benzene rings is 2. The van der Waals surface area contributed by atoms with Crippen LogP contribution < -0.4 is 9.80 Å². The summed E-state index contributed by atoms with van der Waals surface area (Å²) in [7, 11) is 0. The summed E-state index contributed by atoms with van der Waals surface area (Å²) in [6, 6.07) is 13.0. The molecule has 2 saturated heterocycles. The lowest BCUT2D eigenvalue weighted by atomic mass is 10.1. The number of thioether (sulfide) groups is 1. The Labute approximate surface area is 167 Å². The fourth-order valence-corrected chi connectivity index (χ4v) is 4.37. The van der Waals surface area contributed by atoms with Gasteiger partial charge in [-0.25, -0.2) is 4.90 Å². The quantitative estimate of drug-likeness (QED) is 0.641. The number of carbonyl (C=O) groups is 2. The summed E-state index contributed by atoms with van der Waals surface area (Å²) in [6.45, 7) is 4.23. The number of aryl methyl sites for hydroxylation is 1. The highest BCUT2D eigenvalue weighted by Gasteiger charge is 2.36. The number of nitrogens with zero attached hydrogens (tertiary/aromatic N) is 2. The Morgan fingerprint density at radius 2 is 1.67 bits per heavy atom. The molecule has 0 aromatic heterocycles. The normalized spacial score (nSPS) is 18.8. The molecule has 2 aromatic rings. The Balaban J connectivity index is 1.60. The lowest BCUT2D eigenvalue weighted by Gasteiger charge is -2.18. The van der Waals surface area contributed by atoms with E-state index in [1.165, 1.54) is 23.4 Å². The van der Waals surface area contributed by atoms with E-state index in [0.717, 1.165) is 36.0 Å². The predicted molar refractivity (Wildman–Crippen MR) is 113 cm³/mol. The van der Waals surface area contributed by atoms with Crippen LogP contribution in [-0.2, 0) is 4.79 Å². The lowest BCUT2D eigenvalue weighted by molar-refractivity contribution is -0.113. The number of imide groups is 1. The van der Waals surface area contributed by atoms with Crippen molar-refractivity contribution < 1.29 is 9.59 Å². The van der Waals surface area contributed by atoms with E-state index in [0.29, 0.717) is 15.6 Å². The van der Waals surface area contributed by atoms with Crippen molar-refractivity contribution in [2.24, 2.45) is 0 Å². The maximum Gasteiger partial charge on any atom is 0.298 e. The molecule has 27 heavy (non-hydrogen) atoms. The molecule has 0 aliphatic carbocycles. The smallest absolute Gasteiger partial charge is 0.298 e. The van der Waals surface area contributed by atoms with Gasteiger partial charge in [0.15, 0.2) is 0 Å². The number of carbonyl (C=O) groups excluding carboxylic acids is 2. The largest absolute Gasteiger partial charge is 0.372 e. The van der Waals surface area contributed by atoms with Gasteiger partial charge in [-0.15, -0.1) is 0 Å². The zero-order chi connectivity index (χ0) is 19.0. The van der Waals surface area contributed by atoms with Gasteiger partial charge in [0, 0.05) is 23.8 Å². The number of hydrogen-bond donors (Lipinski definition) is 0. The van der Waals surface area contributed by atoms with Gasteiger partial charge in [0.05, 0.1) is 10.6 Å². The Morgan fingerprint density at radius 1 is 1.00 bits per heavy atom. The third-order valence-electron chi connectivity index (χ3n) is 4.89. The third kappa shape index (κ3) is 3.62. The first-order valence-electron chi connectivity index (χ1n) is 8.92. The van der Waals surface area contributed by atoms with Crippen LogP contribution >= 0.6 is 23.4 Å². The second kappa shape index (κ2) is 7.41. The minimum atomic E-state index is -0.296. The second-order valence-corrected chi connectivity index (χ2v) is 8.16. The van der Waals surface area contributed by atoms with Crippen LogP contribution in [0.25, 0.3) is 6.08 Å². The molecular weight excluding hydrogens is 380 g/mol. The molecule has 2 heterocycles. The topological polar surface area (TPSA) is 40.6 Å². The molecule has 6 heteroatoms. The van der Waals surface area contributed by atoms with Gasteiger partial charge < -0.3 is 4.90 Å². The van der Waals surface area contributed by atoms with Crippen molar-refractivity contribution in [1.29, 1.82) is 0 Å². The SMILES string of the molecule is Cc1cc(N2CCCC2)ccc1/C=C1\SC(=O)N(c2ccc(Cl)cc2)C1=O. The fourth-order valence-electron chi connectivity index (χ4n) is 3.42. The summed E-state index contributed by atoms with van der Waals surface area (Å²) in [5.41, 5.74) is 3.81. The van der Waals surface area contributed by atoms with Gasteiger partial charge in [-0.3, -0.25) is 9.59 Å². The van der Waals surface area contributed by atoms with Crippen LogP contribution in [0.3, 0.4) is 0 Å². The second-order valence-electron chi connectivity index (χ2n) is 6.73. The maximum absolute atomic E-state index is 12.8. The summed E-state index contributed by atoms with van der Waals surface area (Å²) in [6.07, 6.45) is 4.28. The molecule has 2 aromatic carbocycles. The third-order valence-corrected chi connectivity index (χ3v) is 6.01. The van der Waals surface area contributed by atoms with E-state index in [1.807, 2.05) is 19.1 Å². The van der Waals surface area contributed by atoms with Crippen molar-refractivity contribution in [1.82, 2.24) is 0 Å². The Kier molecular flexibility index (Phi) is 4.98. The molecule has 4 rings (SSSR count). The Bertz CT molecular complexity index is 934. The van der Waals surface area contributed by atoms with E-state index in [-0.39, 0.29) is 11.1 Å². The molecule has 2 fully saturated rings. The molecule has 0 saturated carbocycles. The average molecular weight is 399 g/mol. The number of anilines is 2. The molecule has 2 amide bonds. The van der Waals surface area contributed by atoms with Gasteiger partial charge in [0.2, 0.25) is 0 Å². The van der Waals surface area contributed by atoms with E-state index < -0.39 is 0 Å². The Hall–Kier alpha value is -2.24. The van der Waals surface area contributed by atoms with E-state index in [4.69, 9.17) is 11.6 Å².